The van der Waals surface area contributed by atoms with Crippen LogP contribution in [0.2, 0.25) is 0 Å². The first kappa shape index (κ1) is 37.6. The van der Waals surface area contributed by atoms with Crippen LogP contribution in [0.5, 0.6) is 5.88 Å². The summed E-state index contributed by atoms with van der Waals surface area (Å²) in [6.07, 6.45) is 9.58. The van der Waals surface area contributed by atoms with Crippen molar-refractivity contribution in [3.63, 3.8) is 0 Å². The second-order valence-corrected chi connectivity index (χ2v) is 15.9. The fourth-order valence-electron chi connectivity index (χ4n) is 8.25. The number of unbranched alkanes of at least 4 members (excludes halogenated alkanes) is 3. The number of aromatic nitrogens is 2. The van der Waals surface area contributed by atoms with Gasteiger partial charge in [0.25, 0.3) is 9.84 Å². The minimum absolute atomic E-state index is 0.0241. The van der Waals surface area contributed by atoms with Crippen LogP contribution >= 0.6 is 0 Å². The van der Waals surface area contributed by atoms with Crippen molar-refractivity contribution in [2.45, 2.75) is 99.1 Å². The van der Waals surface area contributed by atoms with E-state index in [1.165, 1.54) is 56.6 Å². The maximum absolute atomic E-state index is 12.8. The van der Waals surface area contributed by atoms with E-state index in [4.69, 9.17) is 14.2 Å². The van der Waals surface area contributed by atoms with Gasteiger partial charge in [-0.3, -0.25) is 19.1 Å². The lowest BCUT2D eigenvalue weighted by Gasteiger charge is -2.58. The Labute approximate surface area is 305 Å². The average molecular weight is 739 g/mol. The fourth-order valence-corrected chi connectivity index (χ4v) is 9.54. The second-order valence-electron chi connectivity index (χ2n) is 14.0. The summed E-state index contributed by atoms with van der Waals surface area (Å²) in [5, 5.41) is 14.7. The molecule has 0 spiro atoms. The van der Waals surface area contributed by atoms with Gasteiger partial charge in [0.15, 0.2) is 0 Å². The Bertz CT molecular complexity index is 1700. The van der Waals surface area contributed by atoms with Gasteiger partial charge in [-0.05, 0) is 118 Å². The maximum atomic E-state index is 12.8. The molecule has 3 saturated heterocycles. The third kappa shape index (κ3) is 9.24. The Hall–Kier alpha value is -4.17. The van der Waals surface area contributed by atoms with Gasteiger partial charge in [-0.25, -0.2) is 8.42 Å². The maximum Gasteiger partial charge on any atom is 0.414 e. The molecule has 2 aromatic carbocycles. The van der Waals surface area contributed by atoms with Crippen LogP contribution in [0.4, 0.5) is 5.69 Å². The number of hydrogen-bond donors (Lipinski definition) is 0. The van der Waals surface area contributed by atoms with Crippen molar-refractivity contribution < 1.29 is 41.7 Å². The van der Waals surface area contributed by atoms with Gasteiger partial charge in [-0.15, -0.1) is 0 Å². The van der Waals surface area contributed by atoms with Gasteiger partial charge in [0.05, 0.1) is 42.7 Å². The van der Waals surface area contributed by atoms with Crippen molar-refractivity contribution in [2.24, 2.45) is 11.8 Å². The molecule has 4 heterocycles. The Morgan fingerprint density at radius 3 is 2.19 bits per heavy atom. The lowest BCUT2D eigenvalue weighted by molar-refractivity contribution is -0.832. The Kier molecular flexibility index (Phi) is 13.0. The van der Waals surface area contributed by atoms with Crippen LogP contribution < -0.4 is 14.5 Å². The molecule has 3 aliphatic heterocycles. The number of hydrogen-bond acceptors (Lipinski definition) is 12. The van der Waals surface area contributed by atoms with E-state index in [0.717, 1.165) is 31.7 Å². The van der Waals surface area contributed by atoms with Gasteiger partial charge < -0.3 is 24.3 Å². The van der Waals surface area contributed by atoms with Crippen LogP contribution in [0.1, 0.15) is 77.0 Å². The van der Waals surface area contributed by atoms with E-state index in [2.05, 4.69) is 49.9 Å². The van der Waals surface area contributed by atoms with E-state index in [-0.39, 0.29) is 35.9 Å². The van der Waals surface area contributed by atoms with Crippen LogP contribution in [0, 0.1) is 17.0 Å². The third-order valence-electron chi connectivity index (χ3n) is 10.6. The predicted molar refractivity (Wildman–Crippen MR) is 190 cm³/mol. The number of ether oxygens (including phenoxy) is 3. The van der Waals surface area contributed by atoms with Crippen molar-refractivity contribution in [1.29, 1.82) is 0 Å². The molecule has 52 heavy (non-hydrogen) atoms. The van der Waals surface area contributed by atoms with Gasteiger partial charge in [0, 0.05) is 24.3 Å². The number of para-hydroxylation sites is 1. The van der Waals surface area contributed by atoms with Crippen molar-refractivity contribution in [2.75, 3.05) is 44.4 Å². The molecule has 3 aliphatic rings. The average Bonchev–Trinajstić information content (AvgIpc) is 3.55. The fraction of sp³-hybridized carbons (Fsp3) is 0.579. The molecule has 0 bridgehead atoms. The topological polar surface area (TPSA) is 155 Å². The van der Waals surface area contributed by atoms with Gasteiger partial charge in [-0.1, -0.05) is 36.4 Å². The zero-order chi connectivity index (χ0) is 36.3. The van der Waals surface area contributed by atoms with Crippen LogP contribution in [0.3, 0.4) is 0 Å². The summed E-state index contributed by atoms with van der Waals surface area (Å²) in [5.74, 6) is 0.126. The lowest BCUT2D eigenvalue weighted by Crippen LogP contribution is -2.64. The summed E-state index contributed by atoms with van der Waals surface area (Å²) in [4.78, 5) is 29.7. The van der Waals surface area contributed by atoms with Crippen LogP contribution in [0.25, 0.3) is 0 Å². The van der Waals surface area contributed by atoms with Crippen molar-refractivity contribution in [1.82, 2.24) is 10.1 Å². The molecule has 6 rings (SSSR count). The smallest absolute Gasteiger partial charge is 0.414 e. The van der Waals surface area contributed by atoms with E-state index in [1.807, 2.05) is 0 Å². The standard InChI is InChI=1S/C38H50N4O9S/c43-34(48-25-9-3-10-27-50-37-38(42(45)51-39-37)52(46,47)31-17-6-2-7-18-31)21-22-35(44)49-26-11-8-20-33-32-19-13-24-40-23-12-14-29(36(32)40)28-41(33)30-15-4-1-5-16-30/h1-2,4-7,15-18,29,32-33,36H,3,8-14,19-28H2. The number of nitrogens with zero attached hydrogens (tertiary/aromatic N) is 4. The highest BCUT2D eigenvalue weighted by Crippen LogP contribution is 2.44. The summed E-state index contributed by atoms with van der Waals surface area (Å²) >= 11 is 0. The summed E-state index contributed by atoms with van der Waals surface area (Å²) in [7, 11) is -4.18. The first-order chi connectivity index (χ1) is 25.3. The summed E-state index contributed by atoms with van der Waals surface area (Å²) in [5.41, 5.74) is 1.32. The molecule has 4 atom stereocenters. The molecule has 14 heteroatoms. The Morgan fingerprint density at radius 2 is 1.48 bits per heavy atom. The molecule has 0 radical (unpaired) electrons. The second kappa shape index (κ2) is 18.0. The van der Waals surface area contributed by atoms with Gasteiger partial charge in [0.2, 0.25) is 0 Å². The predicted octanol–water partition coefficient (Wildman–Crippen LogP) is 5.11. The molecule has 1 aromatic heterocycles. The molecule has 13 nitrogen and oxygen atoms in total. The zero-order valence-electron chi connectivity index (χ0n) is 29.7. The van der Waals surface area contributed by atoms with Crippen molar-refractivity contribution in [3.05, 3.63) is 65.9 Å². The van der Waals surface area contributed by atoms with Crippen LogP contribution in [-0.2, 0) is 28.9 Å². The van der Waals surface area contributed by atoms with E-state index in [9.17, 15) is 23.2 Å². The first-order valence-electron chi connectivity index (χ1n) is 18.7. The van der Waals surface area contributed by atoms with E-state index in [1.54, 1.807) is 18.2 Å². The highest BCUT2D eigenvalue weighted by atomic mass is 32.2. The van der Waals surface area contributed by atoms with Gasteiger partial charge >= 0.3 is 22.8 Å². The zero-order valence-corrected chi connectivity index (χ0v) is 30.5. The molecule has 0 aliphatic carbocycles. The van der Waals surface area contributed by atoms with E-state index >= 15 is 0 Å². The summed E-state index contributed by atoms with van der Waals surface area (Å²) in [6, 6.07) is 19.5. The minimum Gasteiger partial charge on any atom is -0.466 e. The van der Waals surface area contributed by atoms with Crippen molar-refractivity contribution in [3.8, 4) is 5.88 Å². The lowest BCUT2D eigenvalue weighted by atomic mass is 9.69. The Balaban J connectivity index is 0.838. The molecular formula is C38H50N4O9S. The highest BCUT2D eigenvalue weighted by Gasteiger charge is 2.48. The normalized spacial score (nSPS) is 21.7. The minimum atomic E-state index is -4.18. The SMILES string of the molecule is O=C(CCC(=O)OCCCCC1C2CCCN3CCCC(CN1c1ccccc1)C23)OCCCCCOc1no[n+]([O-])c1S(=O)(=O)c1ccccc1. The number of carbonyl (C=O) groups excluding carboxylic acids is 2. The molecule has 3 aromatic rings. The molecular weight excluding hydrogens is 689 g/mol. The van der Waals surface area contributed by atoms with Crippen molar-refractivity contribution >= 4 is 27.5 Å². The molecule has 4 unspecified atom stereocenters. The number of anilines is 1. The number of rotatable bonds is 18. The van der Waals surface area contributed by atoms with Gasteiger partial charge in [0.1, 0.15) is 0 Å². The van der Waals surface area contributed by atoms with E-state index < -0.39 is 32.7 Å². The molecule has 0 N–H and O–H groups in total. The van der Waals surface area contributed by atoms with Crippen LogP contribution in [-0.4, -0.2) is 82.0 Å². The summed E-state index contributed by atoms with van der Waals surface area (Å²) < 4.78 is 46.3. The largest absolute Gasteiger partial charge is 0.466 e. The monoisotopic (exact) mass is 738 g/mol. The highest BCUT2D eigenvalue weighted by molar-refractivity contribution is 7.91. The number of esters is 2. The number of sulfone groups is 1. The van der Waals surface area contributed by atoms with Crippen LogP contribution in [0.15, 0.2) is 75.2 Å². The molecule has 0 amide bonds. The molecule has 3 fully saturated rings. The van der Waals surface area contributed by atoms with Gasteiger partial charge in [-0.2, -0.15) is 0 Å². The molecule has 282 valence electrons. The van der Waals surface area contributed by atoms with E-state index in [0.29, 0.717) is 43.9 Å². The molecule has 0 saturated carbocycles. The first-order valence-corrected chi connectivity index (χ1v) is 20.2. The number of piperidine rings is 3. The number of benzene rings is 2. The number of carbonyl (C=O) groups is 2. The quantitative estimate of drug-likeness (QED) is 0.0968. The third-order valence-corrected chi connectivity index (χ3v) is 12.3. The Morgan fingerprint density at radius 1 is 0.846 bits per heavy atom. The summed E-state index contributed by atoms with van der Waals surface area (Å²) in [6.45, 7) is 4.19.